The third-order valence-corrected chi connectivity index (χ3v) is 3.50. The molecule has 0 bridgehead atoms. The van der Waals surface area contributed by atoms with Crippen LogP contribution >= 0.6 is 0 Å². The molecule has 1 heterocycles. The molecule has 0 spiro atoms. The molecule has 1 aromatic rings. The monoisotopic (exact) mass is 306 g/mol. The number of carbonyl (C=O) groups excluding carboxylic acids is 2. The molecule has 1 fully saturated rings. The van der Waals surface area contributed by atoms with Gasteiger partial charge >= 0.3 is 5.97 Å². The standard InChI is InChI=1S/C16H22N2O4/c1-11-9-18(10-12(2)22-11)16(20)13-4-6-14(7-5-13)17-8-15(19)21-3/h4-7,11-12,17H,8-10H2,1-3H3/t11-,12-/m1/s1. The van der Waals surface area contributed by atoms with Crippen LogP contribution in [-0.2, 0) is 14.3 Å². The average Bonchev–Trinajstić information content (AvgIpc) is 2.51. The molecule has 0 saturated carbocycles. The van der Waals surface area contributed by atoms with E-state index in [-0.39, 0.29) is 30.6 Å². The number of methoxy groups -OCH3 is 1. The Morgan fingerprint density at radius 3 is 2.36 bits per heavy atom. The molecule has 2 atom stereocenters. The Kier molecular flexibility index (Phi) is 5.38. The Balaban J connectivity index is 1.97. The Morgan fingerprint density at radius 2 is 1.82 bits per heavy atom. The van der Waals surface area contributed by atoms with Crippen LogP contribution in [-0.4, -0.2) is 55.7 Å². The number of hydrogen-bond donors (Lipinski definition) is 1. The van der Waals surface area contributed by atoms with Gasteiger partial charge < -0.3 is 19.7 Å². The highest BCUT2D eigenvalue weighted by molar-refractivity contribution is 5.94. The molecule has 1 aliphatic rings. The SMILES string of the molecule is COC(=O)CNc1ccc(C(=O)N2C[C@@H](C)O[C@H](C)C2)cc1. The summed E-state index contributed by atoms with van der Waals surface area (Å²) < 4.78 is 10.2. The number of ether oxygens (including phenoxy) is 2. The number of nitrogens with one attached hydrogen (secondary N) is 1. The van der Waals surface area contributed by atoms with E-state index in [1.165, 1.54) is 7.11 Å². The van der Waals surface area contributed by atoms with E-state index < -0.39 is 0 Å². The van der Waals surface area contributed by atoms with Gasteiger partial charge in [0.2, 0.25) is 0 Å². The number of anilines is 1. The lowest BCUT2D eigenvalue weighted by Crippen LogP contribution is -2.48. The second-order valence-electron chi connectivity index (χ2n) is 5.47. The van der Waals surface area contributed by atoms with Gasteiger partial charge in [0.1, 0.15) is 6.54 Å². The zero-order chi connectivity index (χ0) is 16.1. The minimum Gasteiger partial charge on any atom is -0.468 e. The first-order valence-corrected chi connectivity index (χ1v) is 7.35. The number of amides is 1. The van der Waals surface area contributed by atoms with Crippen molar-refractivity contribution in [3.05, 3.63) is 29.8 Å². The molecule has 0 radical (unpaired) electrons. The number of nitrogens with zero attached hydrogens (tertiary/aromatic N) is 1. The van der Waals surface area contributed by atoms with Gasteiger partial charge in [-0.2, -0.15) is 0 Å². The summed E-state index contributed by atoms with van der Waals surface area (Å²) in [4.78, 5) is 25.4. The molecule has 0 aliphatic carbocycles. The minimum absolute atomic E-state index is 0.00141. The van der Waals surface area contributed by atoms with Gasteiger partial charge in [-0.1, -0.05) is 0 Å². The largest absolute Gasteiger partial charge is 0.468 e. The number of benzene rings is 1. The highest BCUT2D eigenvalue weighted by Crippen LogP contribution is 2.16. The predicted molar refractivity (Wildman–Crippen MR) is 82.9 cm³/mol. The lowest BCUT2D eigenvalue weighted by molar-refractivity contribution is -0.138. The van der Waals surface area contributed by atoms with Crippen LogP contribution in [0.5, 0.6) is 0 Å². The van der Waals surface area contributed by atoms with Crippen molar-refractivity contribution in [2.75, 3.05) is 32.1 Å². The molecule has 1 amide bonds. The molecular formula is C16H22N2O4. The van der Waals surface area contributed by atoms with Crippen LogP contribution in [0.1, 0.15) is 24.2 Å². The molecule has 0 unspecified atom stereocenters. The molecule has 120 valence electrons. The van der Waals surface area contributed by atoms with Crippen LogP contribution < -0.4 is 5.32 Å². The van der Waals surface area contributed by atoms with Gasteiger partial charge in [-0.05, 0) is 38.1 Å². The van der Waals surface area contributed by atoms with Crippen LogP contribution in [0.2, 0.25) is 0 Å². The average molecular weight is 306 g/mol. The van der Waals surface area contributed by atoms with E-state index in [9.17, 15) is 9.59 Å². The van der Waals surface area contributed by atoms with E-state index in [0.717, 1.165) is 5.69 Å². The molecule has 22 heavy (non-hydrogen) atoms. The fourth-order valence-corrected chi connectivity index (χ4v) is 2.50. The summed E-state index contributed by atoms with van der Waals surface area (Å²) in [5.74, 6) is -0.335. The molecule has 6 nitrogen and oxygen atoms in total. The summed E-state index contributed by atoms with van der Waals surface area (Å²) in [6, 6.07) is 7.08. The molecule has 1 N–H and O–H groups in total. The second kappa shape index (κ2) is 7.26. The zero-order valence-electron chi connectivity index (χ0n) is 13.2. The van der Waals surface area contributed by atoms with Crippen molar-refractivity contribution in [2.24, 2.45) is 0 Å². The topological polar surface area (TPSA) is 67.9 Å². The van der Waals surface area contributed by atoms with E-state index in [2.05, 4.69) is 10.1 Å². The fraction of sp³-hybridized carbons (Fsp3) is 0.500. The summed E-state index contributed by atoms with van der Waals surface area (Å²) in [5.41, 5.74) is 1.40. The Hall–Kier alpha value is -2.08. The zero-order valence-corrected chi connectivity index (χ0v) is 13.2. The van der Waals surface area contributed by atoms with Crippen LogP contribution in [0.3, 0.4) is 0 Å². The first-order valence-electron chi connectivity index (χ1n) is 7.35. The summed E-state index contributed by atoms with van der Waals surface area (Å²) in [6.45, 7) is 5.24. The second-order valence-corrected chi connectivity index (χ2v) is 5.47. The van der Waals surface area contributed by atoms with Gasteiger partial charge in [0.05, 0.1) is 19.3 Å². The quantitative estimate of drug-likeness (QED) is 0.854. The fourth-order valence-electron chi connectivity index (χ4n) is 2.50. The van der Waals surface area contributed by atoms with Crippen LogP contribution in [0, 0.1) is 0 Å². The maximum Gasteiger partial charge on any atom is 0.325 e. The van der Waals surface area contributed by atoms with Crippen LogP contribution in [0.25, 0.3) is 0 Å². The van der Waals surface area contributed by atoms with Gasteiger partial charge in [-0.25, -0.2) is 0 Å². The predicted octanol–water partition coefficient (Wildman–Crippen LogP) is 1.52. The van der Waals surface area contributed by atoms with Gasteiger partial charge in [0.25, 0.3) is 5.91 Å². The summed E-state index contributed by atoms with van der Waals surface area (Å²) in [5, 5.41) is 2.94. The highest BCUT2D eigenvalue weighted by atomic mass is 16.5. The Bertz CT molecular complexity index is 519. The van der Waals surface area contributed by atoms with E-state index in [1.807, 2.05) is 18.7 Å². The molecule has 2 rings (SSSR count). The molecule has 1 saturated heterocycles. The van der Waals surface area contributed by atoms with Crippen molar-refractivity contribution in [1.82, 2.24) is 4.90 Å². The maximum atomic E-state index is 12.5. The summed E-state index contributed by atoms with van der Waals surface area (Å²) in [6.07, 6.45) is 0.0994. The number of esters is 1. The Morgan fingerprint density at radius 1 is 1.23 bits per heavy atom. The number of hydrogen-bond acceptors (Lipinski definition) is 5. The van der Waals surface area contributed by atoms with Crippen LogP contribution in [0.4, 0.5) is 5.69 Å². The summed E-state index contributed by atoms with van der Waals surface area (Å²) in [7, 11) is 1.34. The van der Waals surface area contributed by atoms with Crippen molar-refractivity contribution in [2.45, 2.75) is 26.1 Å². The molecule has 0 aromatic heterocycles. The number of carbonyl (C=O) groups is 2. The van der Waals surface area contributed by atoms with Crippen molar-refractivity contribution in [3.63, 3.8) is 0 Å². The Labute approximate surface area is 130 Å². The van der Waals surface area contributed by atoms with Crippen molar-refractivity contribution >= 4 is 17.6 Å². The van der Waals surface area contributed by atoms with Crippen molar-refractivity contribution in [3.8, 4) is 0 Å². The van der Waals surface area contributed by atoms with E-state index in [1.54, 1.807) is 24.3 Å². The molecular weight excluding hydrogens is 284 g/mol. The molecule has 1 aromatic carbocycles. The van der Waals surface area contributed by atoms with E-state index in [0.29, 0.717) is 18.7 Å². The van der Waals surface area contributed by atoms with Crippen molar-refractivity contribution < 1.29 is 19.1 Å². The van der Waals surface area contributed by atoms with E-state index in [4.69, 9.17) is 4.74 Å². The molecule has 1 aliphatic heterocycles. The van der Waals surface area contributed by atoms with Crippen LogP contribution in [0.15, 0.2) is 24.3 Å². The highest BCUT2D eigenvalue weighted by Gasteiger charge is 2.26. The van der Waals surface area contributed by atoms with Gasteiger partial charge in [-0.3, -0.25) is 9.59 Å². The lowest BCUT2D eigenvalue weighted by Gasteiger charge is -2.35. The van der Waals surface area contributed by atoms with Gasteiger partial charge in [0.15, 0.2) is 0 Å². The normalized spacial score (nSPS) is 21.3. The maximum absolute atomic E-state index is 12.5. The third-order valence-electron chi connectivity index (χ3n) is 3.50. The molecule has 6 heteroatoms. The van der Waals surface area contributed by atoms with E-state index >= 15 is 0 Å². The smallest absolute Gasteiger partial charge is 0.325 e. The van der Waals surface area contributed by atoms with Gasteiger partial charge in [-0.15, -0.1) is 0 Å². The summed E-state index contributed by atoms with van der Waals surface area (Å²) >= 11 is 0. The van der Waals surface area contributed by atoms with Gasteiger partial charge in [0, 0.05) is 24.3 Å². The third kappa shape index (κ3) is 4.21. The first-order chi connectivity index (χ1) is 10.5. The number of rotatable bonds is 4. The number of morpholine rings is 1. The van der Waals surface area contributed by atoms with Crippen molar-refractivity contribution in [1.29, 1.82) is 0 Å². The first kappa shape index (κ1) is 16.3. The lowest BCUT2D eigenvalue weighted by atomic mass is 10.1. The minimum atomic E-state index is -0.337.